The van der Waals surface area contributed by atoms with Crippen molar-refractivity contribution < 1.29 is 14.3 Å². The van der Waals surface area contributed by atoms with Gasteiger partial charge < -0.3 is 19.7 Å². The second-order valence-corrected chi connectivity index (χ2v) is 6.51. The molecule has 0 radical (unpaired) electrons. The Morgan fingerprint density at radius 1 is 1.00 bits per heavy atom. The zero-order chi connectivity index (χ0) is 18.4. The quantitative estimate of drug-likeness (QED) is 0.855. The van der Waals surface area contributed by atoms with Gasteiger partial charge in [-0.15, -0.1) is 0 Å². The van der Waals surface area contributed by atoms with E-state index in [9.17, 15) is 4.79 Å². The number of anilines is 2. The predicted octanol–water partition coefficient (Wildman–Crippen LogP) is 3.88. The Balaban J connectivity index is 1.70. The van der Waals surface area contributed by atoms with Gasteiger partial charge in [0.15, 0.2) is 0 Å². The third-order valence-corrected chi connectivity index (χ3v) is 4.70. The first-order valence-corrected chi connectivity index (χ1v) is 9.05. The second kappa shape index (κ2) is 8.61. The number of hydrogen-bond donors (Lipinski definition) is 1. The first kappa shape index (κ1) is 18.1. The van der Waals surface area contributed by atoms with Gasteiger partial charge in [-0.3, -0.25) is 4.79 Å². The molecule has 0 saturated carbocycles. The van der Waals surface area contributed by atoms with E-state index in [-0.39, 0.29) is 5.91 Å². The Hall–Kier alpha value is -2.69. The van der Waals surface area contributed by atoms with Crippen molar-refractivity contribution in [2.24, 2.45) is 0 Å². The fourth-order valence-corrected chi connectivity index (χ4v) is 3.27. The standard InChI is InChI=1S/C21H26N2O3/c1-25-18-9-6-16(7-10-18)14-21(24)22-19-15-17(8-11-20(19)26-2)23-12-4-3-5-13-23/h6-11,15H,3-5,12-14H2,1-2H3,(H,22,24). The van der Waals surface area contributed by atoms with Gasteiger partial charge in [-0.05, 0) is 55.2 Å². The normalized spacial score (nSPS) is 14.0. The van der Waals surface area contributed by atoms with Crippen molar-refractivity contribution in [3.8, 4) is 11.5 Å². The van der Waals surface area contributed by atoms with E-state index in [0.29, 0.717) is 17.9 Å². The van der Waals surface area contributed by atoms with Crippen molar-refractivity contribution in [1.29, 1.82) is 0 Å². The van der Waals surface area contributed by atoms with Gasteiger partial charge in [0.2, 0.25) is 5.91 Å². The molecule has 1 heterocycles. The highest BCUT2D eigenvalue weighted by Crippen LogP contribution is 2.31. The average molecular weight is 354 g/mol. The lowest BCUT2D eigenvalue weighted by Gasteiger charge is -2.29. The number of piperidine rings is 1. The summed E-state index contributed by atoms with van der Waals surface area (Å²) in [5.74, 6) is 1.39. The molecule has 0 bridgehead atoms. The number of methoxy groups -OCH3 is 2. The van der Waals surface area contributed by atoms with E-state index in [0.717, 1.165) is 30.1 Å². The van der Waals surface area contributed by atoms with Gasteiger partial charge in [0.25, 0.3) is 0 Å². The predicted molar refractivity (Wildman–Crippen MR) is 104 cm³/mol. The summed E-state index contributed by atoms with van der Waals surface area (Å²) in [5.41, 5.74) is 2.79. The van der Waals surface area contributed by atoms with Gasteiger partial charge >= 0.3 is 0 Å². The zero-order valence-electron chi connectivity index (χ0n) is 15.5. The van der Waals surface area contributed by atoms with E-state index in [2.05, 4.69) is 16.3 Å². The number of rotatable bonds is 6. The maximum atomic E-state index is 12.5. The van der Waals surface area contributed by atoms with E-state index in [1.54, 1.807) is 14.2 Å². The Morgan fingerprint density at radius 2 is 1.73 bits per heavy atom. The molecule has 1 amide bonds. The summed E-state index contributed by atoms with van der Waals surface area (Å²) in [4.78, 5) is 14.8. The van der Waals surface area contributed by atoms with Crippen LogP contribution in [0.25, 0.3) is 0 Å². The van der Waals surface area contributed by atoms with Crippen LogP contribution in [-0.2, 0) is 11.2 Å². The molecule has 0 unspecified atom stereocenters. The molecule has 1 fully saturated rings. The van der Waals surface area contributed by atoms with Gasteiger partial charge in [-0.2, -0.15) is 0 Å². The Morgan fingerprint density at radius 3 is 2.38 bits per heavy atom. The number of ether oxygens (including phenoxy) is 2. The lowest BCUT2D eigenvalue weighted by Crippen LogP contribution is -2.29. The van der Waals surface area contributed by atoms with Crippen LogP contribution in [0.4, 0.5) is 11.4 Å². The molecule has 1 saturated heterocycles. The highest BCUT2D eigenvalue weighted by molar-refractivity contribution is 5.94. The molecule has 0 aromatic heterocycles. The number of carbonyl (C=O) groups excluding carboxylic acids is 1. The summed E-state index contributed by atoms with van der Waals surface area (Å²) < 4.78 is 10.6. The lowest BCUT2D eigenvalue weighted by atomic mass is 10.1. The first-order chi connectivity index (χ1) is 12.7. The molecule has 3 rings (SSSR count). The van der Waals surface area contributed by atoms with Gasteiger partial charge in [0, 0.05) is 18.8 Å². The molecule has 0 spiro atoms. The Labute approximate surface area is 154 Å². The molecule has 138 valence electrons. The van der Waals surface area contributed by atoms with Crippen LogP contribution in [0.5, 0.6) is 11.5 Å². The topological polar surface area (TPSA) is 50.8 Å². The first-order valence-electron chi connectivity index (χ1n) is 9.05. The summed E-state index contributed by atoms with van der Waals surface area (Å²) in [7, 11) is 3.25. The van der Waals surface area contributed by atoms with Gasteiger partial charge in [-0.25, -0.2) is 0 Å². The molecule has 0 aliphatic carbocycles. The number of hydrogen-bond acceptors (Lipinski definition) is 4. The van der Waals surface area contributed by atoms with Crippen LogP contribution in [0.2, 0.25) is 0 Å². The third kappa shape index (κ3) is 4.48. The SMILES string of the molecule is COc1ccc(CC(=O)Nc2cc(N3CCCCC3)ccc2OC)cc1. The minimum Gasteiger partial charge on any atom is -0.497 e. The number of amides is 1. The van der Waals surface area contributed by atoms with Crippen molar-refractivity contribution in [2.75, 3.05) is 37.5 Å². The minimum atomic E-state index is -0.0655. The number of nitrogens with one attached hydrogen (secondary N) is 1. The van der Waals surface area contributed by atoms with Crippen LogP contribution in [-0.4, -0.2) is 33.2 Å². The van der Waals surface area contributed by atoms with Crippen LogP contribution in [0.15, 0.2) is 42.5 Å². The lowest BCUT2D eigenvalue weighted by molar-refractivity contribution is -0.115. The van der Waals surface area contributed by atoms with Crippen LogP contribution in [0.1, 0.15) is 24.8 Å². The van der Waals surface area contributed by atoms with Crippen molar-refractivity contribution in [3.05, 3.63) is 48.0 Å². The maximum absolute atomic E-state index is 12.5. The minimum absolute atomic E-state index is 0.0655. The summed E-state index contributed by atoms with van der Waals surface area (Å²) >= 11 is 0. The van der Waals surface area contributed by atoms with Crippen molar-refractivity contribution in [1.82, 2.24) is 0 Å². The fourth-order valence-electron chi connectivity index (χ4n) is 3.27. The van der Waals surface area contributed by atoms with Crippen LogP contribution < -0.4 is 19.7 Å². The van der Waals surface area contributed by atoms with Gasteiger partial charge in [0.1, 0.15) is 11.5 Å². The molecular formula is C21H26N2O3. The molecule has 2 aromatic carbocycles. The summed E-state index contributed by atoms with van der Waals surface area (Å²) in [5, 5.41) is 3.00. The summed E-state index contributed by atoms with van der Waals surface area (Å²) in [6.45, 7) is 2.12. The molecule has 0 atom stereocenters. The largest absolute Gasteiger partial charge is 0.497 e. The number of nitrogens with zero attached hydrogens (tertiary/aromatic N) is 1. The Kier molecular flexibility index (Phi) is 6.00. The molecular weight excluding hydrogens is 328 g/mol. The number of benzene rings is 2. The van der Waals surface area contributed by atoms with Crippen LogP contribution in [0.3, 0.4) is 0 Å². The smallest absolute Gasteiger partial charge is 0.228 e. The molecule has 5 heteroatoms. The van der Waals surface area contributed by atoms with Crippen molar-refractivity contribution >= 4 is 17.3 Å². The van der Waals surface area contributed by atoms with Gasteiger partial charge in [-0.1, -0.05) is 12.1 Å². The monoisotopic (exact) mass is 354 g/mol. The van der Waals surface area contributed by atoms with Crippen molar-refractivity contribution in [2.45, 2.75) is 25.7 Å². The summed E-state index contributed by atoms with van der Waals surface area (Å²) in [6.07, 6.45) is 4.02. The van der Waals surface area contributed by atoms with E-state index >= 15 is 0 Å². The molecule has 1 N–H and O–H groups in total. The van der Waals surface area contributed by atoms with E-state index in [1.807, 2.05) is 36.4 Å². The van der Waals surface area contributed by atoms with E-state index in [4.69, 9.17) is 9.47 Å². The summed E-state index contributed by atoms with van der Waals surface area (Å²) in [6, 6.07) is 13.5. The third-order valence-electron chi connectivity index (χ3n) is 4.70. The Bertz CT molecular complexity index is 737. The molecule has 1 aliphatic rings. The van der Waals surface area contributed by atoms with Crippen LogP contribution in [0, 0.1) is 0 Å². The van der Waals surface area contributed by atoms with E-state index < -0.39 is 0 Å². The average Bonchev–Trinajstić information content (AvgIpc) is 2.69. The highest BCUT2D eigenvalue weighted by atomic mass is 16.5. The molecule has 5 nitrogen and oxygen atoms in total. The van der Waals surface area contributed by atoms with Gasteiger partial charge in [0.05, 0.1) is 26.3 Å². The molecule has 2 aromatic rings. The van der Waals surface area contributed by atoms with Crippen molar-refractivity contribution in [3.63, 3.8) is 0 Å². The zero-order valence-corrected chi connectivity index (χ0v) is 15.5. The molecule has 26 heavy (non-hydrogen) atoms. The van der Waals surface area contributed by atoms with Crippen LogP contribution >= 0.6 is 0 Å². The maximum Gasteiger partial charge on any atom is 0.228 e. The number of carbonyl (C=O) groups is 1. The highest BCUT2D eigenvalue weighted by Gasteiger charge is 2.15. The molecule has 1 aliphatic heterocycles. The fraction of sp³-hybridized carbons (Fsp3) is 0.381. The second-order valence-electron chi connectivity index (χ2n) is 6.51. The van der Waals surface area contributed by atoms with E-state index in [1.165, 1.54) is 19.3 Å².